The third-order valence-electron chi connectivity index (χ3n) is 6.20. The minimum Gasteiger partial charge on any atom is -0.507 e. The lowest BCUT2D eigenvalue weighted by Crippen LogP contribution is -2.08. The maximum Gasteiger partial charge on any atom is 0.204 e. The van der Waals surface area contributed by atoms with Gasteiger partial charge in [-0.2, -0.15) is 0 Å². The number of aliphatic hydroxyl groups is 1. The number of phenolic OH excluding ortho intramolecular Hbond substituents is 3. The predicted octanol–water partition coefficient (Wildman–Crippen LogP) is 5.79. The average Bonchev–Trinajstić information content (AvgIpc) is 2.81. The van der Waals surface area contributed by atoms with Crippen LogP contribution in [0.15, 0.2) is 56.3 Å². The van der Waals surface area contributed by atoms with Crippen molar-refractivity contribution in [1.29, 1.82) is 0 Å². The van der Waals surface area contributed by atoms with Crippen LogP contribution in [0.25, 0.3) is 21.9 Å². The first-order chi connectivity index (χ1) is 17.1. The van der Waals surface area contributed by atoms with Gasteiger partial charge in [0.25, 0.3) is 0 Å². The van der Waals surface area contributed by atoms with E-state index in [-0.39, 0.29) is 63.5 Å². The Bertz CT molecular complexity index is 1430. The van der Waals surface area contributed by atoms with E-state index in [1.54, 1.807) is 13.0 Å². The van der Waals surface area contributed by atoms with E-state index < -0.39 is 5.43 Å². The minimum absolute atomic E-state index is 0.00179. The molecule has 0 amide bonds. The van der Waals surface area contributed by atoms with E-state index in [4.69, 9.17) is 9.15 Å². The van der Waals surface area contributed by atoms with Crippen molar-refractivity contribution in [2.24, 2.45) is 0 Å². The van der Waals surface area contributed by atoms with E-state index >= 15 is 0 Å². The second kappa shape index (κ2) is 11.4. The summed E-state index contributed by atoms with van der Waals surface area (Å²) in [7, 11) is 1.42. The van der Waals surface area contributed by atoms with Gasteiger partial charge >= 0.3 is 0 Å². The molecule has 7 nitrogen and oxygen atoms in total. The summed E-state index contributed by atoms with van der Waals surface area (Å²) in [6.07, 6.45) is 8.01. The SMILES string of the molecule is COc1c(O)cc2oc3cc(O)c(C/C=C(/C)CO)c(O)c3c(=O)c2c1C/C=C(\C)CCC=C(C)C. The molecule has 0 aliphatic rings. The Labute approximate surface area is 210 Å². The molecule has 0 unspecified atom stereocenters. The molecule has 0 saturated carbocycles. The summed E-state index contributed by atoms with van der Waals surface area (Å²) in [6.45, 7) is 7.68. The lowest BCUT2D eigenvalue weighted by atomic mass is 9.98. The van der Waals surface area contributed by atoms with Gasteiger partial charge in [0, 0.05) is 23.3 Å². The Kier molecular flexibility index (Phi) is 8.48. The van der Waals surface area contributed by atoms with Crippen LogP contribution in [0.2, 0.25) is 0 Å². The van der Waals surface area contributed by atoms with Crippen LogP contribution in [0.1, 0.15) is 51.7 Å². The molecule has 1 aromatic heterocycles. The largest absolute Gasteiger partial charge is 0.507 e. The molecule has 3 rings (SSSR count). The van der Waals surface area contributed by atoms with Gasteiger partial charge in [-0.05, 0) is 53.4 Å². The summed E-state index contributed by atoms with van der Waals surface area (Å²) < 4.78 is 11.3. The number of hydrogen-bond donors (Lipinski definition) is 4. The number of allylic oxidation sites excluding steroid dienone is 5. The Morgan fingerprint density at radius 2 is 1.50 bits per heavy atom. The summed E-state index contributed by atoms with van der Waals surface area (Å²) in [5.41, 5.74) is 3.28. The van der Waals surface area contributed by atoms with Gasteiger partial charge in [0.2, 0.25) is 5.43 Å². The molecule has 192 valence electrons. The van der Waals surface area contributed by atoms with Crippen LogP contribution < -0.4 is 10.2 Å². The molecule has 36 heavy (non-hydrogen) atoms. The molecule has 0 bridgehead atoms. The molecule has 0 radical (unpaired) electrons. The Balaban J connectivity index is 2.23. The highest BCUT2D eigenvalue weighted by Gasteiger charge is 2.23. The number of fused-ring (bicyclic) bond motifs is 2. The molecule has 3 aromatic rings. The minimum atomic E-state index is -0.489. The van der Waals surface area contributed by atoms with Gasteiger partial charge in [-0.1, -0.05) is 34.9 Å². The summed E-state index contributed by atoms with van der Waals surface area (Å²) in [5.74, 6) is -0.623. The van der Waals surface area contributed by atoms with Gasteiger partial charge in [-0.15, -0.1) is 0 Å². The number of hydrogen-bond acceptors (Lipinski definition) is 7. The van der Waals surface area contributed by atoms with Crippen molar-refractivity contribution in [2.45, 2.75) is 53.4 Å². The standard InChI is InChI=1S/C29H34O7/c1-16(2)7-6-8-17(3)9-12-20-25-23(14-22(32)29(20)35-5)36-24-13-21(31)19(11-10-18(4)15-30)27(33)26(24)28(25)34/h7,9-10,13-14,30-33H,6,8,11-12,15H2,1-5H3/b17-9+,18-10-. The Morgan fingerprint density at radius 1 is 0.889 bits per heavy atom. The van der Waals surface area contributed by atoms with Crippen LogP contribution in [-0.2, 0) is 12.8 Å². The zero-order valence-corrected chi connectivity index (χ0v) is 21.4. The number of rotatable bonds is 9. The highest BCUT2D eigenvalue weighted by molar-refractivity contribution is 5.97. The average molecular weight is 495 g/mol. The van der Waals surface area contributed by atoms with Gasteiger partial charge in [0.1, 0.15) is 28.1 Å². The summed E-state index contributed by atoms with van der Waals surface area (Å²) in [5, 5.41) is 41.4. The number of methoxy groups -OCH3 is 1. The van der Waals surface area contributed by atoms with Gasteiger partial charge in [0.15, 0.2) is 11.5 Å². The van der Waals surface area contributed by atoms with E-state index in [1.807, 2.05) is 13.0 Å². The molecule has 0 aliphatic heterocycles. The molecule has 0 spiro atoms. The van der Waals surface area contributed by atoms with Gasteiger partial charge in [-0.25, -0.2) is 0 Å². The maximum atomic E-state index is 13.7. The van der Waals surface area contributed by atoms with Crippen molar-refractivity contribution >= 4 is 21.9 Å². The zero-order valence-electron chi connectivity index (χ0n) is 21.4. The second-order valence-electron chi connectivity index (χ2n) is 9.30. The van der Waals surface area contributed by atoms with Gasteiger partial charge in [-0.3, -0.25) is 4.79 Å². The first kappa shape index (κ1) is 26.9. The summed E-state index contributed by atoms with van der Waals surface area (Å²) >= 11 is 0. The van der Waals surface area contributed by atoms with E-state index in [9.17, 15) is 25.2 Å². The normalized spacial score (nSPS) is 12.4. The fraction of sp³-hybridized carbons (Fsp3) is 0.345. The van der Waals surface area contributed by atoms with Gasteiger partial charge in [0.05, 0.1) is 19.1 Å². The number of benzene rings is 2. The van der Waals surface area contributed by atoms with Crippen molar-refractivity contribution in [3.8, 4) is 23.0 Å². The van der Waals surface area contributed by atoms with Crippen molar-refractivity contribution in [3.05, 3.63) is 68.4 Å². The number of aromatic hydroxyl groups is 3. The smallest absolute Gasteiger partial charge is 0.204 e. The maximum absolute atomic E-state index is 13.7. The molecule has 1 heterocycles. The molecular weight excluding hydrogens is 460 g/mol. The summed E-state index contributed by atoms with van der Waals surface area (Å²) in [6, 6.07) is 2.58. The second-order valence-corrected chi connectivity index (χ2v) is 9.30. The van der Waals surface area contributed by atoms with Crippen molar-refractivity contribution in [2.75, 3.05) is 13.7 Å². The van der Waals surface area contributed by atoms with Crippen LogP contribution in [0.5, 0.6) is 23.0 Å². The third-order valence-corrected chi connectivity index (χ3v) is 6.20. The summed E-state index contributed by atoms with van der Waals surface area (Å²) in [4.78, 5) is 13.7. The molecule has 0 aliphatic carbocycles. The van der Waals surface area contributed by atoms with Crippen LogP contribution in [-0.4, -0.2) is 34.1 Å². The molecule has 4 N–H and O–H groups in total. The van der Waals surface area contributed by atoms with Gasteiger partial charge < -0.3 is 29.6 Å². The van der Waals surface area contributed by atoms with E-state index in [2.05, 4.69) is 19.9 Å². The van der Waals surface area contributed by atoms with E-state index in [0.717, 1.165) is 18.4 Å². The van der Waals surface area contributed by atoms with Crippen LogP contribution in [0, 0.1) is 0 Å². The lowest BCUT2D eigenvalue weighted by Gasteiger charge is -2.14. The Morgan fingerprint density at radius 3 is 2.14 bits per heavy atom. The van der Waals surface area contributed by atoms with Crippen molar-refractivity contribution < 1.29 is 29.6 Å². The highest BCUT2D eigenvalue weighted by atomic mass is 16.5. The number of aliphatic hydroxyl groups excluding tert-OH is 1. The van der Waals surface area contributed by atoms with Crippen LogP contribution in [0.4, 0.5) is 0 Å². The van der Waals surface area contributed by atoms with Crippen molar-refractivity contribution in [3.63, 3.8) is 0 Å². The number of phenols is 3. The molecule has 7 heteroatoms. The molecule has 0 saturated heterocycles. The quantitative estimate of drug-likeness (QED) is 0.220. The Hall–Kier alpha value is -3.71. The van der Waals surface area contributed by atoms with E-state index in [1.165, 1.54) is 24.8 Å². The molecular formula is C29H34O7. The number of ether oxygens (including phenoxy) is 1. The highest BCUT2D eigenvalue weighted by Crippen LogP contribution is 2.40. The lowest BCUT2D eigenvalue weighted by molar-refractivity contribution is 0.331. The zero-order chi connectivity index (χ0) is 26.6. The molecule has 0 atom stereocenters. The molecule has 0 fully saturated rings. The first-order valence-electron chi connectivity index (χ1n) is 11.9. The fourth-order valence-corrected chi connectivity index (χ4v) is 4.16. The topological polar surface area (TPSA) is 120 Å². The van der Waals surface area contributed by atoms with Crippen molar-refractivity contribution in [1.82, 2.24) is 0 Å². The van der Waals surface area contributed by atoms with Crippen LogP contribution in [0.3, 0.4) is 0 Å². The predicted molar refractivity (Wildman–Crippen MR) is 142 cm³/mol. The fourth-order valence-electron chi connectivity index (χ4n) is 4.16. The van der Waals surface area contributed by atoms with E-state index in [0.29, 0.717) is 17.6 Å². The molecule has 2 aromatic carbocycles. The van der Waals surface area contributed by atoms with Crippen LogP contribution >= 0.6 is 0 Å². The first-order valence-corrected chi connectivity index (χ1v) is 11.9. The monoisotopic (exact) mass is 494 g/mol. The third kappa shape index (κ3) is 5.57.